The van der Waals surface area contributed by atoms with Crippen LogP contribution in [-0.2, 0) is 14.6 Å². The van der Waals surface area contributed by atoms with Crippen LogP contribution in [0, 0.1) is 11.6 Å². The molecule has 1 aliphatic carbocycles. The maximum absolute atomic E-state index is 13.9. The Labute approximate surface area is 169 Å². The highest BCUT2D eigenvalue weighted by molar-refractivity contribution is 7.94. The minimum Gasteiger partial charge on any atom is -0.598 e. The van der Waals surface area contributed by atoms with Gasteiger partial charge in [0.05, 0.1) is 18.3 Å². The highest BCUT2D eigenvalue weighted by Gasteiger charge is 2.56. The van der Waals surface area contributed by atoms with Crippen LogP contribution in [-0.4, -0.2) is 51.7 Å². The van der Waals surface area contributed by atoms with E-state index in [-0.39, 0.29) is 18.3 Å². The molecule has 3 aliphatic rings. The number of anilines is 1. The maximum Gasteiger partial charge on any atom is 0.328 e. The summed E-state index contributed by atoms with van der Waals surface area (Å²) < 4.78 is 53.7. The molecule has 1 saturated carbocycles. The summed E-state index contributed by atoms with van der Waals surface area (Å²) in [6.07, 6.45) is 5.98. The van der Waals surface area contributed by atoms with Gasteiger partial charge in [0, 0.05) is 12.6 Å². The molecule has 0 aromatic heterocycles. The van der Waals surface area contributed by atoms with Crippen molar-refractivity contribution in [2.45, 2.75) is 50.1 Å². The van der Waals surface area contributed by atoms with E-state index in [0.717, 1.165) is 50.1 Å². The topological polar surface area (TPSA) is 88.1 Å². The van der Waals surface area contributed by atoms with E-state index in [1.54, 1.807) is 0 Å². The molecular weight excluding hydrogens is 402 g/mol. The SMILES string of the molecule is C[S+](=O)([O-])N1CCCC2(C1)C(=NC1CCCC1)NC(=O)N2c1cc(F)cc(F)c1. The van der Waals surface area contributed by atoms with Gasteiger partial charge in [-0.3, -0.25) is 15.2 Å². The highest BCUT2D eigenvalue weighted by atomic mass is 32.3. The lowest BCUT2D eigenvalue weighted by molar-refractivity contribution is 0.237. The van der Waals surface area contributed by atoms with Crippen molar-refractivity contribution in [3.8, 4) is 0 Å². The Hall–Kier alpha value is -1.91. The number of nitrogens with one attached hydrogen (secondary N) is 1. The summed E-state index contributed by atoms with van der Waals surface area (Å²) >= 11 is 0. The Bertz CT molecular complexity index is 879. The fourth-order valence-corrected chi connectivity index (χ4v) is 5.54. The third-order valence-electron chi connectivity index (χ3n) is 5.94. The van der Waals surface area contributed by atoms with Gasteiger partial charge in [-0.1, -0.05) is 17.1 Å². The van der Waals surface area contributed by atoms with E-state index in [2.05, 4.69) is 5.32 Å². The van der Waals surface area contributed by atoms with Crippen LogP contribution in [0.15, 0.2) is 23.2 Å². The van der Waals surface area contributed by atoms with Gasteiger partial charge in [0.1, 0.15) is 39.7 Å². The molecule has 2 unspecified atom stereocenters. The van der Waals surface area contributed by atoms with Crippen molar-refractivity contribution in [3.63, 3.8) is 0 Å². The van der Waals surface area contributed by atoms with E-state index in [0.29, 0.717) is 25.2 Å². The number of carbonyl (C=O) groups is 1. The number of nitrogens with zero attached hydrogens (tertiary/aromatic N) is 3. The van der Waals surface area contributed by atoms with Crippen molar-refractivity contribution < 1.29 is 22.3 Å². The van der Waals surface area contributed by atoms with Crippen LogP contribution >= 0.6 is 0 Å². The molecule has 29 heavy (non-hydrogen) atoms. The third-order valence-corrected chi connectivity index (χ3v) is 7.19. The molecule has 2 heterocycles. The van der Waals surface area contributed by atoms with Gasteiger partial charge in [0.2, 0.25) is 0 Å². The van der Waals surface area contributed by atoms with E-state index < -0.39 is 33.6 Å². The lowest BCUT2D eigenvalue weighted by atomic mass is 9.87. The lowest BCUT2D eigenvalue weighted by Crippen LogP contribution is -2.62. The van der Waals surface area contributed by atoms with Gasteiger partial charge >= 0.3 is 6.03 Å². The molecule has 1 aromatic rings. The molecule has 2 amide bonds. The van der Waals surface area contributed by atoms with Crippen LogP contribution in [0.1, 0.15) is 38.5 Å². The minimum absolute atomic E-state index is 0.00570. The van der Waals surface area contributed by atoms with Crippen molar-refractivity contribution in [1.29, 1.82) is 0 Å². The molecule has 1 aromatic carbocycles. The van der Waals surface area contributed by atoms with Gasteiger partial charge in [-0.25, -0.2) is 13.6 Å². The number of amidine groups is 1. The van der Waals surface area contributed by atoms with Gasteiger partial charge in [-0.2, -0.15) is 0 Å². The van der Waals surface area contributed by atoms with Crippen molar-refractivity contribution in [2.75, 3.05) is 24.2 Å². The summed E-state index contributed by atoms with van der Waals surface area (Å²) in [6, 6.07) is 2.41. The number of aliphatic imine (C=N–C) groups is 1. The highest BCUT2D eigenvalue weighted by Crippen LogP contribution is 2.39. The number of rotatable bonds is 3. The zero-order valence-corrected chi connectivity index (χ0v) is 17.0. The zero-order chi connectivity index (χ0) is 20.8. The number of hydrogen-bond donors (Lipinski definition) is 1. The van der Waals surface area contributed by atoms with Gasteiger partial charge in [-0.05, 0) is 37.8 Å². The second-order valence-electron chi connectivity index (χ2n) is 8.04. The number of amides is 2. The average Bonchev–Trinajstić information content (AvgIpc) is 3.21. The summed E-state index contributed by atoms with van der Waals surface area (Å²) in [5.41, 5.74) is -1.06. The molecule has 2 saturated heterocycles. The smallest absolute Gasteiger partial charge is 0.328 e. The van der Waals surface area contributed by atoms with Crippen LogP contribution in [0.25, 0.3) is 0 Å². The third kappa shape index (κ3) is 3.80. The molecule has 7 nitrogen and oxygen atoms in total. The quantitative estimate of drug-likeness (QED) is 0.754. The van der Waals surface area contributed by atoms with Gasteiger partial charge in [0.15, 0.2) is 0 Å². The van der Waals surface area contributed by atoms with E-state index in [9.17, 15) is 22.3 Å². The molecule has 1 spiro atoms. The summed E-state index contributed by atoms with van der Waals surface area (Å²) in [5.74, 6) is -1.22. The molecule has 2 atom stereocenters. The second kappa shape index (κ2) is 7.41. The van der Waals surface area contributed by atoms with Crippen LogP contribution < -0.4 is 10.2 Å². The first-order valence-corrected chi connectivity index (χ1v) is 11.6. The largest absolute Gasteiger partial charge is 0.598 e. The zero-order valence-electron chi connectivity index (χ0n) is 16.2. The number of piperidine rings is 1. The standard InChI is InChI=1S/C19H24F2N4O3S/c1-29(27,28)24-8-4-7-19(12-24)17(22-15-5-2-3-6-15)23-18(26)25(19)16-10-13(20)9-14(21)11-16/h9-11,15H,2-8,12H2,1H3,(H-,22,23,26,27,28). The van der Waals surface area contributed by atoms with Crippen LogP contribution in [0.3, 0.4) is 0 Å². The molecule has 0 bridgehead atoms. The number of sulfonamides is 1. The predicted molar refractivity (Wildman–Crippen MR) is 105 cm³/mol. The fourth-order valence-electron chi connectivity index (χ4n) is 4.63. The number of halogens is 2. The predicted octanol–water partition coefficient (Wildman–Crippen LogP) is 2.84. The molecule has 3 fully saturated rings. The van der Waals surface area contributed by atoms with Gasteiger partial charge < -0.3 is 4.55 Å². The minimum atomic E-state index is -3.51. The van der Waals surface area contributed by atoms with E-state index >= 15 is 0 Å². The van der Waals surface area contributed by atoms with Crippen LogP contribution in [0.5, 0.6) is 0 Å². The molecule has 2 aliphatic heterocycles. The molecule has 10 heteroatoms. The van der Waals surface area contributed by atoms with Crippen LogP contribution in [0.2, 0.25) is 0 Å². The Balaban J connectivity index is 1.82. The first-order chi connectivity index (χ1) is 13.7. The van der Waals surface area contributed by atoms with E-state index in [1.165, 1.54) is 9.21 Å². The number of carbonyl (C=O) groups excluding carboxylic acids is 1. The molecule has 158 valence electrons. The second-order valence-corrected chi connectivity index (χ2v) is 10.0. The van der Waals surface area contributed by atoms with Crippen LogP contribution in [0.4, 0.5) is 19.3 Å². The van der Waals surface area contributed by atoms with Gasteiger partial charge in [0.25, 0.3) is 0 Å². The van der Waals surface area contributed by atoms with Crippen molar-refractivity contribution in [3.05, 3.63) is 29.8 Å². The van der Waals surface area contributed by atoms with Gasteiger partial charge in [-0.15, -0.1) is 4.31 Å². The number of hydrogen-bond acceptors (Lipinski definition) is 4. The summed E-state index contributed by atoms with van der Waals surface area (Å²) in [5, 5.41) is 2.77. The monoisotopic (exact) mass is 426 g/mol. The van der Waals surface area contributed by atoms with Crippen molar-refractivity contribution in [2.24, 2.45) is 4.99 Å². The first kappa shape index (κ1) is 20.4. The normalized spacial score (nSPS) is 29.6. The van der Waals surface area contributed by atoms with Crippen molar-refractivity contribution >= 4 is 28.0 Å². The Kier molecular flexibility index (Phi) is 5.20. The summed E-state index contributed by atoms with van der Waals surface area (Å²) in [7, 11) is -3.51. The summed E-state index contributed by atoms with van der Waals surface area (Å²) in [4.78, 5) is 19.0. The Morgan fingerprint density at radius 1 is 1.21 bits per heavy atom. The average molecular weight is 426 g/mol. The molecular formula is C19H24F2N4O3S. The summed E-state index contributed by atoms with van der Waals surface area (Å²) in [6.45, 7) is 0.324. The first-order valence-electron chi connectivity index (χ1n) is 9.80. The molecule has 0 radical (unpaired) electrons. The fraction of sp³-hybridized carbons (Fsp3) is 0.579. The number of urea groups is 1. The van der Waals surface area contributed by atoms with Crippen molar-refractivity contribution in [1.82, 2.24) is 9.62 Å². The maximum atomic E-state index is 13.9. The van der Waals surface area contributed by atoms with E-state index in [1.807, 2.05) is 0 Å². The lowest BCUT2D eigenvalue weighted by Gasteiger charge is -2.44. The Morgan fingerprint density at radius 2 is 1.86 bits per heavy atom. The van der Waals surface area contributed by atoms with E-state index in [4.69, 9.17) is 4.99 Å². The Morgan fingerprint density at radius 3 is 2.48 bits per heavy atom. The number of benzene rings is 1. The molecule has 1 N–H and O–H groups in total. The molecule has 4 rings (SSSR count).